The van der Waals surface area contributed by atoms with Gasteiger partial charge in [0, 0.05) is 19.6 Å². The predicted octanol–water partition coefficient (Wildman–Crippen LogP) is 2.40. The maximum atomic E-state index is 14.3. The second-order valence-corrected chi connectivity index (χ2v) is 10.3. The Morgan fingerprint density at radius 2 is 1.89 bits per heavy atom. The van der Waals surface area contributed by atoms with Crippen LogP contribution in [-0.4, -0.2) is 82.7 Å². The van der Waals surface area contributed by atoms with Gasteiger partial charge in [0.2, 0.25) is 11.8 Å². The Hall–Kier alpha value is -2.68. The van der Waals surface area contributed by atoms with E-state index in [-0.39, 0.29) is 30.9 Å². The second-order valence-electron chi connectivity index (χ2n) is 9.85. The number of aliphatic hydroxyl groups excluding tert-OH is 1. The van der Waals surface area contributed by atoms with Crippen molar-refractivity contribution < 1.29 is 24.2 Å². The highest BCUT2D eigenvalue weighted by Crippen LogP contribution is 2.54. The summed E-state index contributed by atoms with van der Waals surface area (Å²) in [5.41, 5.74) is -0.784. The first-order valence-corrected chi connectivity index (χ1v) is 13.1. The van der Waals surface area contributed by atoms with E-state index in [4.69, 9.17) is 16.3 Å². The van der Waals surface area contributed by atoms with E-state index in [1.54, 1.807) is 40.1 Å². The molecule has 36 heavy (non-hydrogen) atoms. The summed E-state index contributed by atoms with van der Waals surface area (Å²) in [6, 6.07) is 5.46. The lowest BCUT2D eigenvalue weighted by atomic mass is 9.77. The first-order chi connectivity index (χ1) is 17.4. The van der Waals surface area contributed by atoms with Crippen LogP contribution < -0.4 is 4.90 Å². The molecule has 192 valence electrons. The van der Waals surface area contributed by atoms with Gasteiger partial charge in [0.15, 0.2) is 0 Å². The van der Waals surface area contributed by atoms with Gasteiger partial charge in [0.1, 0.15) is 11.6 Å². The molecule has 1 unspecified atom stereocenters. The summed E-state index contributed by atoms with van der Waals surface area (Å²) in [6.45, 7) is 4.87. The maximum Gasteiger partial charge on any atom is 0.253 e. The van der Waals surface area contributed by atoms with Crippen LogP contribution in [0.25, 0.3) is 0 Å². The van der Waals surface area contributed by atoms with Crippen LogP contribution >= 0.6 is 11.6 Å². The second kappa shape index (κ2) is 9.65. The number of fused-ring (bicyclic) bond motifs is 2. The van der Waals surface area contributed by atoms with Crippen LogP contribution in [0.1, 0.15) is 26.7 Å². The molecule has 4 aliphatic heterocycles. The maximum absolute atomic E-state index is 14.3. The lowest BCUT2D eigenvalue weighted by Crippen LogP contribution is -2.58. The Bertz CT molecular complexity index is 1120. The number of hydrogen-bond donors (Lipinski definition) is 1. The molecule has 1 spiro atoms. The summed E-state index contributed by atoms with van der Waals surface area (Å²) in [7, 11) is 0. The van der Waals surface area contributed by atoms with Crippen molar-refractivity contribution >= 4 is 35.0 Å². The van der Waals surface area contributed by atoms with Crippen molar-refractivity contribution in [2.45, 2.75) is 50.5 Å². The highest BCUT2D eigenvalue weighted by atomic mass is 35.5. The number of anilines is 1. The molecule has 8 nitrogen and oxygen atoms in total. The average molecular weight is 514 g/mol. The van der Waals surface area contributed by atoms with E-state index in [1.165, 1.54) is 4.90 Å². The van der Waals surface area contributed by atoms with E-state index in [0.717, 1.165) is 6.42 Å². The number of rotatable bonds is 6. The molecule has 1 N–H and O–H groups in total. The summed E-state index contributed by atoms with van der Waals surface area (Å²) in [5.74, 6) is -2.40. The lowest BCUT2D eigenvalue weighted by molar-refractivity contribution is -0.147. The van der Waals surface area contributed by atoms with Gasteiger partial charge in [-0.15, -0.1) is 0 Å². The van der Waals surface area contributed by atoms with E-state index in [2.05, 4.69) is 0 Å². The minimum atomic E-state index is -1.32. The average Bonchev–Trinajstić information content (AvgIpc) is 3.19. The fourth-order valence-corrected chi connectivity index (χ4v) is 6.53. The zero-order valence-electron chi connectivity index (χ0n) is 20.5. The molecule has 5 rings (SSSR count). The molecular formula is C27H32ClN3O5. The molecule has 9 heteroatoms. The first-order valence-electron chi connectivity index (χ1n) is 12.7. The molecule has 0 saturated carbocycles. The molecule has 4 heterocycles. The van der Waals surface area contributed by atoms with Crippen molar-refractivity contribution in [1.82, 2.24) is 9.80 Å². The smallest absolute Gasteiger partial charge is 0.253 e. The first kappa shape index (κ1) is 25.0. The number of likely N-dealkylation sites (tertiary alicyclic amines) is 1. The van der Waals surface area contributed by atoms with Gasteiger partial charge in [-0.05, 0) is 25.0 Å². The summed E-state index contributed by atoms with van der Waals surface area (Å²) in [6.07, 6.45) is 8.04. The Balaban J connectivity index is 1.64. The fraction of sp³-hybridized carbons (Fsp3) is 0.519. The van der Waals surface area contributed by atoms with E-state index in [9.17, 15) is 19.5 Å². The molecular weight excluding hydrogens is 482 g/mol. The molecule has 4 aliphatic rings. The normalized spacial score (nSPS) is 32.3. The summed E-state index contributed by atoms with van der Waals surface area (Å²) >= 11 is 6.46. The van der Waals surface area contributed by atoms with Gasteiger partial charge in [-0.1, -0.05) is 61.9 Å². The van der Waals surface area contributed by atoms with E-state index >= 15 is 0 Å². The number of para-hydroxylation sites is 1. The summed E-state index contributed by atoms with van der Waals surface area (Å²) in [5, 5.41) is 10.6. The van der Waals surface area contributed by atoms with Gasteiger partial charge < -0.3 is 24.5 Å². The number of nitrogens with zero attached hydrogens (tertiary/aromatic N) is 3. The highest BCUT2D eigenvalue weighted by molar-refractivity contribution is 6.34. The summed E-state index contributed by atoms with van der Waals surface area (Å²) < 4.78 is 6.62. The Labute approximate surface area is 216 Å². The molecule has 0 aliphatic carbocycles. The molecule has 1 aromatic rings. The van der Waals surface area contributed by atoms with Crippen LogP contribution in [0.4, 0.5) is 5.69 Å². The van der Waals surface area contributed by atoms with Gasteiger partial charge in [0.25, 0.3) is 5.91 Å². The third-order valence-corrected chi connectivity index (χ3v) is 8.21. The van der Waals surface area contributed by atoms with Gasteiger partial charge in [0.05, 0.1) is 41.3 Å². The van der Waals surface area contributed by atoms with E-state index in [0.29, 0.717) is 30.2 Å². The summed E-state index contributed by atoms with van der Waals surface area (Å²) in [4.78, 5) is 47.0. The predicted molar refractivity (Wildman–Crippen MR) is 135 cm³/mol. The largest absolute Gasteiger partial charge is 0.394 e. The van der Waals surface area contributed by atoms with Crippen molar-refractivity contribution in [3.63, 3.8) is 0 Å². The monoisotopic (exact) mass is 513 g/mol. The molecule has 2 fully saturated rings. The van der Waals surface area contributed by atoms with Gasteiger partial charge in [-0.2, -0.15) is 0 Å². The highest BCUT2D eigenvalue weighted by Gasteiger charge is 2.72. The number of carbonyl (C=O) groups is 3. The van der Waals surface area contributed by atoms with Crippen LogP contribution in [0.2, 0.25) is 5.02 Å². The topological polar surface area (TPSA) is 90.4 Å². The van der Waals surface area contributed by atoms with Gasteiger partial charge in [-0.25, -0.2) is 0 Å². The zero-order chi connectivity index (χ0) is 25.6. The van der Waals surface area contributed by atoms with E-state index < -0.39 is 35.6 Å². The number of hydrogen-bond acceptors (Lipinski definition) is 5. The molecule has 6 atom stereocenters. The zero-order valence-corrected chi connectivity index (χ0v) is 21.3. The molecule has 3 amide bonds. The lowest BCUT2D eigenvalue weighted by Gasteiger charge is -2.38. The molecule has 1 aromatic carbocycles. The Morgan fingerprint density at radius 3 is 2.58 bits per heavy atom. The fourth-order valence-electron chi connectivity index (χ4n) is 6.29. The third-order valence-electron chi connectivity index (χ3n) is 7.89. The number of aliphatic hydroxyl groups is 1. The number of carbonyl (C=O) groups excluding carboxylic acids is 3. The molecule has 0 aromatic heterocycles. The third kappa shape index (κ3) is 3.61. The molecule has 0 bridgehead atoms. The van der Waals surface area contributed by atoms with E-state index in [1.807, 2.05) is 32.1 Å². The van der Waals surface area contributed by atoms with Crippen LogP contribution in [0.15, 0.2) is 48.6 Å². The quantitative estimate of drug-likeness (QED) is 0.590. The van der Waals surface area contributed by atoms with Crippen molar-refractivity contribution in [2.24, 2.45) is 11.8 Å². The van der Waals surface area contributed by atoms with Crippen molar-refractivity contribution in [3.05, 3.63) is 53.6 Å². The Morgan fingerprint density at radius 1 is 1.11 bits per heavy atom. The molecule has 0 radical (unpaired) electrons. The van der Waals surface area contributed by atoms with Gasteiger partial charge in [-0.3, -0.25) is 14.4 Å². The number of amides is 3. The van der Waals surface area contributed by atoms with Crippen LogP contribution in [0, 0.1) is 11.8 Å². The van der Waals surface area contributed by atoms with Crippen molar-refractivity contribution in [1.29, 1.82) is 0 Å². The van der Waals surface area contributed by atoms with Gasteiger partial charge >= 0.3 is 0 Å². The van der Waals surface area contributed by atoms with Crippen molar-refractivity contribution in [3.8, 4) is 0 Å². The standard InChI is InChI=1S/C27H32ClN3O5/c1-3-13-29-14-7-11-20-21(24(29)33)22-25(34)31(17(4-2)16-32)23-26(35)30(15-8-12-27(22,23)36-20)19-10-6-5-9-18(19)28/h5-12,17,20-23,32H,3-4,13-16H2,1-2H3/t17-,20-,21+,22-,23?,27-/m0/s1. The minimum Gasteiger partial charge on any atom is -0.394 e. The van der Waals surface area contributed by atoms with Crippen LogP contribution in [0.3, 0.4) is 0 Å². The van der Waals surface area contributed by atoms with Crippen LogP contribution in [0.5, 0.6) is 0 Å². The number of benzene rings is 1. The Kier molecular flexibility index (Phi) is 6.70. The molecule has 2 saturated heterocycles. The minimum absolute atomic E-state index is 0.132. The number of halogens is 1. The SMILES string of the molecule is CCCN1CC=C[C@@H]2O[C@]34C=CCN(c5ccccc5Cl)C(=O)C3N([C@@H](CC)CO)C(=O)[C@@H]4[C@@H]2C1=O. The van der Waals surface area contributed by atoms with Crippen LogP contribution in [-0.2, 0) is 19.1 Å². The van der Waals surface area contributed by atoms with Crippen molar-refractivity contribution in [2.75, 3.05) is 31.1 Å². The number of ether oxygens (including phenoxy) is 1.